The van der Waals surface area contributed by atoms with Gasteiger partial charge in [-0.25, -0.2) is 0 Å². The maximum atomic E-state index is 5.72. The van der Waals surface area contributed by atoms with E-state index in [9.17, 15) is 0 Å². The standard InChI is InChI=1S/C26H31N7O3/c1-34-21-16-18(33-11-14-35-15-12-33)9-10-19(21)28-26-29-24(27-17-6-3-2-4-7-17)22-23(20-8-5-13-36-20)31-32-25(22)30-26/h5,8-10,13,16-17H,2-4,6-7,11-12,14-15H2,1H3,(H3,27,28,29,30,31,32). The number of nitrogens with one attached hydrogen (secondary N) is 3. The molecule has 1 aliphatic carbocycles. The first-order valence-corrected chi connectivity index (χ1v) is 12.6. The third-order valence-electron chi connectivity index (χ3n) is 6.93. The third kappa shape index (κ3) is 4.56. The predicted molar refractivity (Wildman–Crippen MR) is 139 cm³/mol. The van der Waals surface area contributed by atoms with Crippen molar-refractivity contribution in [2.24, 2.45) is 0 Å². The summed E-state index contributed by atoms with van der Waals surface area (Å²) >= 11 is 0. The van der Waals surface area contributed by atoms with Gasteiger partial charge in [-0.2, -0.15) is 15.1 Å². The molecule has 0 spiro atoms. The van der Waals surface area contributed by atoms with E-state index in [0.29, 0.717) is 29.1 Å². The molecule has 2 fully saturated rings. The van der Waals surface area contributed by atoms with Gasteiger partial charge in [-0.3, -0.25) is 5.10 Å². The topological polar surface area (TPSA) is 113 Å². The number of anilines is 4. The second kappa shape index (κ2) is 10.1. The lowest BCUT2D eigenvalue weighted by molar-refractivity contribution is 0.122. The zero-order valence-corrected chi connectivity index (χ0v) is 20.4. The fourth-order valence-corrected chi connectivity index (χ4v) is 5.04. The molecule has 0 atom stereocenters. The molecule has 36 heavy (non-hydrogen) atoms. The smallest absolute Gasteiger partial charge is 0.231 e. The van der Waals surface area contributed by atoms with Crippen LogP contribution < -0.4 is 20.3 Å². The highest BCUT2D eigenvalue weighted by atomic mass is 16.5. The Bertz CT molecular complexity index is 1310. The number of aromatic nitrogens is 4. The molecule has 1 aliphatic heterocycles. The van der Waals surface area contributed by atoms with E-state index in [2.05, 4.69) is 31.8 Å². The van der Waals surface area contributed by atoms with Crippen LogP contribution in [0.5, 0.6) is 5.75 Å². The first kappa shape index (κ1) is 22.7. The summed E-state index contributed by atoms with van der Waals surface area (Å²) in [6.07, 6.45) is 7.62. The Balaban J connectivity index is 1.34. The minimum absolute atomic E-state index is 0.367. The average Bonchev–Trinajstić information content (AvgIpc) is 3.60. The largest absolute Gasteiger partial charge is 0.494 e. The number of fused-ring (bicyclic) bond motifs is 1. The molecule has 10 heteroatoms. The number of H-pyrrole nitrogens is 1. The Labute approximate surface area is 209 Å². The van der Waals surface area contributed by atoms with Gasteiger partial charge in [0.15, 0.2) is 11.4 Å². The van der Waals surface area contributed by atoms with Crippen LogP contribution in [0.4, 0.5) is 23.1 Å². The van der Waals surface area contributed by atoms with Crippen molar-refractivity contribution in [3.8, 4) is 17.2 Å². The van der Waals surface area contributed by atoms with Crippen LogP contribution >= 0.6 is 0 Å². The predicted octanol–water partition coefficient (Wildman–Crippen LogP) is 4.95. The van der Waals surface area contributed by atoms with Crippen LogP contribution in [0.3, 0.4) is 0 Å². The van der Waals surface area contributed by atoms with Crippen LogP contribution in [0.25, 0.3) is 22.5 Å². The molecule has 0 amide bonds. The van der Waals surface area contributed by atoms with Gasteiger partial charge in [0.05, 0.1) is 37.7 Å². The average molecular weight is 490 g/mol. The lowest BCUT2D eigenvalue weighted by Crippen LogP contribution is -2.36. The van der Waals surface area contributed by atoms with Gasteiger partial charge < -0.3 is 29.4 Å². The zero-order valence-electron chi connectivity index (χ0n) is 20.4. The molecule has 1 saturated heterocycles. The summed E-state index contributed by atoms with van der Waals surface area (Å²) in [5.74, 6) is 2.62. The Morgan fingerprint density at radius 1 is 1.08 bits per heavy atom. The number of methoxy groups -OCH3 is 1. The van der Waals surface area contributed by atoms with E-state index in [1.165, 1.54) is 19.3 Å². The number of ether oxygens (including phenoxy) is 2. The number of furan rings is 1. The molecule has 188 valence electrons. The molecule has 6 rings (SSSR count). The Hall–Kier alpha value is -3.79. The van der Waals surface area contributed by atoms with Crippen molar-refractivity contribution in [1.82, 2.24) is 20.2 Å². The van der Waals surface area contributed by atoms with Crippen molar-refractivity contribution >= 4 is 34.2 Å². The van der Waals surface area contributed by atoms with Crippen LogP contribution in [0.2, 0.25) is 0 Å². The second-order valence-electron chi connectivity index (χ2n) is 9.26. The van der Waals surface area contributed by atoms with Crippen molar-refractivity contribution < 1.29 is 13.9 Å². The van der Waals surface area contributed by atoms with E-state index in [1.807, 2.05) is 24.3 Å². The molecule has 0 bridgehead atoms. The van der Waals surface area contributed by atoms with E-state index < -0.39 is 0 Å². The summed E-state index contributed by atoms with van der Waals surface area (Å²) in [5.41, 5.74) is 3.24. The molecule has 2 aliphatic rings. The minimum atomic E-state index is 0.367. The quantitative estimate of drug-likeness (QED) is 0.332. The molecular formula is C26H31N7O3. The molecule has 10 nitrogen and oxygen atoms in total. The normalized spacial score (nSPS) is 16.9. The summed E-state index contributed by atoms with van der Waals surface area (Å²) in [6.45, 7) is 3.20. The van der Waals surface area contributed by atoms with Gasteiger partial charge >= 0.3 is 0 Å². The highest BCUT2D eigenvalue weighted by Crippen LogP contribution is 2.36. The number of rotatable bonds is 7. The highest BCUT2D eigenvalue weighted by molar-refractivity contribution is 5.98. The molecule has 3 N–H and O–H groups in total. The summed E-state index contributed by atoms with van der Waals surface area (Å²) in [6, 6.07) is 10.2. The van der Waals surface area contributed by atoms with Crippen LogP contribution in [0.15, 0.2) is 41.0 Å². The van der Waals surface area contributed by atoms with Gasteiger partial charge in [-0.1, -0.05) is 19.3 Å². The molecule has 1 saturated carbocycles. The van der Waals surface area contributed by atoms with Gasteiger partial charge in [0, 0.05) is 30.9 Å². The van der Waals surface area contributed by atoms with Gasteiger partial charge in [0.25, 0.3) is 0 Å². The monoisotopic (exact) mass is 489 g/mol. The van der Waals surface area contributed by atoms with E-state index in [0.717, 1.165) is 67.5 Å². The van der Waals surface area contributed by atoms with Crippen molar-refractivity contribution in [3.63, 3.8) is 0 Å². The van der Waals surface area contributed by atoms with E-state index >= 15 is 0 Å². The first-order valence-electron chi connectivity index (χ1n) is 12.6. The number of benzene rings is 1. The van der Waals surface area contributed by atoms with Crippen molar-refractivity contribution in [2.45, 2.75) is 38.1 Å². The van der Waals surface area contributed by atoms with E-state index in [-0.39, 0.29) is 0 Å². The second-order valence-corrected chi connectivity index (χ2v) is 9.26. The number of hydrogen-bond donors (Lipinski definition) is 3. The summed E-state index contributed by atoms with van der Waals surface area (Å²) in [5, 5.41) is 15.4. The molecule has 4 heterocycles. The van der Waals surface area contributed by atoms with Gasteiger partial charge in [0.2, 0.25) is 5.95 Å². The third-order valence-corrected chi connectivity index (χ3v) is 6.93. The Morgan fingerprint density at radius 3 is 2.72 bits per heavy atom. The van der Waals surface area contributed by atoms with E-state index in [1.54, 1.807) is 13.4 Å². The lowest BCUT2D eigenvalue weighted by atomic mass is 9.95. The van der Waals surface area contributed by atoms with Crippen molar-refractivity contribution in [3.05, 3.63) is 36.6 Å². The van der Waals surface area contributed by atoms with E-state index in [4.69, 9.17) is 23.9 Å². The lowest BCUT2D eigenvalue weighted by Gasteiger charge is -2.29. The number of hydrogen-bond acceptors (Lipinski definition) is 9. The zero-order chi connectivity index (χ0) is 24.3. The van der Waals surface area contributed by atoms with Crippen molar-refractivity contribution in [1.29, 1.82) is 0 Å². The summed E-state index contributed by atoms with van der Waals surface area (Å²) in [4.78, 5) is 11.9. The van der Waals surface area contributed by atoms with Crippen LogP contribution in [-0.4, -0.2) is 59.6 Å². The van der Waals surface area contributed by atoms with Crippen LogP contribution in [0, 0.1) is 0 Å². The summed E-state index contributed by atoms with van der Waals surface area (Å²) in [7, 11) is 1.67. The van der Waals surface area contributed by atoms with Gasteiger partial charge in [0.1, 0.15) is 17.3 Å². The Kier molecular flexibility index (Phi) is 6.33. The number of aromatic amines is 1. The van der Waals surface area contributed by atoms with Crippen LogP contribution in [-0.2, 0) is 4.74 Å². The molecular weight excluding hydrogens is 458 g/mol. The SMILES string of the molecule is COc1cc(N2CCOCC2)ccc1Nc1nc(NC2CCCCC2)c2c(-c3ccco3)n[nH]c2n1. The maximum Gasteiger partial charge on any atom is 0.231 e. The molecule has 3 aromatic heterocycles. The maximum absolute atomic E-state index is 5.72. The molecule has 0 radical (unpaired) electrons. The Morgan fingerprint density at radius 2 is 1.94 bits per heavy atom. The fourth-order valence-electron chi connectivity index (χ4n) is 5.04. The highest BCUT2D eigenvalue weighted by Gasteiger charge is 2.22. The molecule has 1 aromatic carbocycles. The summed E-state index contributed by atoms with van der Waals surface area (Å²) < 4.78 is 16.8. The number of morpholine rings is 1. The van der Waals surface area contributed by atoms with Gasteiger partial charge in [-0.05, 0) is 37.1 Å². The fraction of sp³-hybridized carbons (Fsp3) is 0.423. The first-order chi connectivity index (χ1) is 17.8. The van der Waals surface area contributed by atoms with Gasteiger partial charge in [-0.15, -0.1) is 0 Å². The van der Waals surface area contributed by atoms with Crippen LogP contribution in [0.1, 0.15) is 32.1 Å². The number of nitrogens with zero attached hydrogens (tertiary/aromatic N) is 4. The molecule has 0 unspecified atom stereocenters. The minimum Gasteiger partial charge on any atom is -0.494 e. The molecule has 4 aromatic rings. The van der Waals surface area contributed by atoms with Crippen molar-refractivity contribution in [2.75, 3.05) is 48.9 Å².